The second kappa shape index (κ2) is 7.60. The fraction of sp³-hybridized carbons (Fsp3) is 0.238. The Balaban J connectivity index is 1.43. The summed E-state index contributed by atoms with van der Waals surface area (Å²) in [4.78, 5) is 24.1. The Morgan fingerprint density at radius 2 is 1.97 bits per heavy atom. The molecule has 0 bridgehead atoms. The molecule has 0 unspecified atom stereocenters. The van der Waals surface area contributed by atoms with Crippen LogP contribution in [-0.4, -0.2) is 51.0 Å². The van der Waals surface area contributed by atoms with Gasteiger partial charge in [0.05, 0.1) is 42.3 Å². The molecule has 0 radical (unpaired) electrons. The summed E-state index contributed by atoms with van der Waals surface area (Å²) in [5.41, 5.74) is 4.21. The molecule has 9 nitrogen and oxygen atoms in total. The van der Waals surface area contributed by atoms with Crippen molar-refractivity contribution in [1.82, 2.24) is 24.7 Å². The summed E-state index contributed by atoms with van der Waals surface area (Å²) in [6.07, 6.45) is 5.36. The van der Waals surface area contributed by atoms with Gasteiger partial charge >= 0.3 is 0 Å². The van der Waals surface area contributed by atoms with E-state index in [1.54, 1.807) is 24.0 Å². The van der Waals surface area contributed by atoms with Crippen LogP contribution in [0.3, 0.4) is 0 Å². The minimum Gasteiger partial charge on any atom is -0.378 e. The number of aryl methyl sites for hydroxylation is 1. The quantitative estimate of drug-likeness (QED) is 0.539. The van der Waals surface area contributed by atoms with Gasteiger partial charge in [0.2, 0.25) is 0 Å². The van der Waals surface area contributed by atoms with Crippen molar-refractivity contribution in [2.75, 3.05) is 36.5 Å². The van der Waals surface area contributed by atoms with Gasteiger partial charge in [-0.25, -0.2) is 9.97 Å². The van der Waals surface area contributed by atoms with Gasteiger partial charge < -0.3 is 19.5 Å². The number of hydrogen-bond donors (Lipinski definition) is 2. The summed E-state index contributed by atoms with van der Waals surface area (Å²) >= 11 is 0. The molecule has 30 heavy (non-hydrogen) atoms. The number of H-pyrrole nitrogens is 1. The smallest absolute Gasteiger partial charge is 0.293 e. The van der Waals surface area contributed by atoms with E-state index < -0.39 is 0 Å². The number of fused-ring (bicyclic) bond motifs is 1. The summed E-state index contributed by atoms with van der Waals surface area (Å²) in [5, 5.41) is 9.85. The minimum atomic E-state index is -0.217. The second-order valence-electron chi connectivity index (χ2n) is 7.14. The monoisotopic (exact) mass is 403 g/mol. The van der Waals surface area contributed by atoms with Gasteiger partial charge in [0.15, 0.2) is 5.82 Å². The van der Waals surface area contributed by atoms with E-state index in [1.807, 2.05) is 36.5 Å². The van der Waals surface area contributed by atoms with E-state index in [9.17, 15) is 4.79 Å². The van der Waals surface area contributed by atoms with Crippen molar-refractivity contribution in [3.05, 3.63) is 59.3 Å². The van der Waals surface area contributed by atoms with Gasteiger partial charge in [0.25, 0.3) is 5.56 Å². The SMILES string of the molecule is Cn1c(=O)c(Nc2ccc(N3CCOCC3)cn2)nc2ccc(-c3cn[nH]c3)cc21. The highest BCUT2D eigenvalue weighted by atomic mass is 16.5. The van der Waals surface area contributed by atoms with Crippen LogP contribution in [0, 0.1) is 0 Å². The molecular formula is C21H21N7O2. The maximum absolute atomic E-state index is 12.9. The summed E-state index contributed by atoms with van der Waals surface area (Å²) in [6.45, 7) is 3.14. The molecule has 1 aliphatic heterocycles. The molecule has 0 atom stereocenters. The van der Waals surface area contributed by atoms with E-state index in [0.29, 0.717) is 5.82 Å². The average molecular weight is 403 g/mol. The van der Waals surface area contributed by atoms with Crippen molar-refractivity contribution in [2.45, 2.75) is 0 Å². The molecule has 152 valence electrons. The number of hydrogen-bond acceptors (Lipinski definition) is 7. The number of morpholine rings is 1. The average Bonchev–Trinajstić information content (AvgIpc) is 3.33. The van der Waals surface area contributed by atoms with E-state index in [0.717, 1.165) is 54.2 Å². The number of benzene rings is 1. The lowest BCUT2D eigenvalue weighted by Crippen LogP contribution is -2.36. The van der Waals surface area contributed by atoms with Crippen molar-refractivity contribution in [2.24, 2.45) is 7.05 Å². The number of nitrogens with one attached hydrogen (secondary N) is 2. The minimum absolute atomic E-state index is 0.217. The number of pyridine rings is 1. The van der Waals surface area contributed by atoms with Crippen molar-refractivity contribution in [3.63, 3.8) is 0 Å². The summed E-state index contributed by atoms with van der Waals surface area (Å²) < 4.78 is 6.98. The first kappa shape index (κ1) is 18.3. The largest absolute Gasteiger partial charge is 0.378 e. The highest BCUT2D eigenvalue weighted by molar-refractivity contribution is 5.82. The van der Waals surface area contributed by atoms with Gasteiger partial charge in [0.1, 0.15) is 5.82 Å². The number of aromatic amines is 1. The molecule has 5 rings (SSSR count). The molecule has 1 saturated heterocycles. The van der Waals surface area contributed by atoms with Crippen molar-refractivity contribution in [3.8, 4) is 11.1 Å². The maximum atomic E-state index is 12.9. The third-order valence-electron chi connectivity index (χ3n) is 5.28. The molecule has 3 aromatic heterocycles. The summed E-state index contributed by atoms with van der Waals surface area (Å²) in [5.74, 6) is 0.818. The zero-order valence-electron chi connectivity index (χ0n) is 16.5. The van der Waals surface area contributed by atoms with Crippen LogP contribution in [0.2, 0.25) is 0 Å². The molecule has 0 saturated carbocycles. The van der Waals surface area contributed by atoms with Gasteiger partial charge in [-0.1, -0.05) is 6.07 Å². The summed E-state index contributed by atoms with van der Waals surface area (Å²) in [7, 11) is 1.74. The van der Waals surface area contributed by atoms with Crippen LogP contribution in [0.4, 0.5) is 17.3 Å². The number of ether oxygens (including phenoxy) is 1. The Hall–Kier alpha value is -3.72. The van der Waals surface area contributed by atoms with Crippen molar-refractivity contribution >= 4 is 28.4 Å². The number of aromatic nitrogens is 5. The van der Waals surface area contributed by atoms with Crippen molar-refractivity contribution < 1.29 is 4.74 Å². The molecule has 9 heteroatoms. The lowest BCUT2D eigenvalue weighted by molar-refractivity contribution is 0.122. The first-order valence-corrected chi connectivity index (χ1v) is 9.75. The Kier molecular flexibility index (Phi) is 4.64. The normalized spacial score (nSPS) is 14.2. The predicted molar refractivity (Wildman–Crippen MR) is 115 cm³/mol. The molecular weight excluding hydrogens is 382 g/mol. The van der Waals surface area contributed by atoms with E-state index >= 15 is 0 Å². The van der Waals surface area contributed by atoms with E-state index in [-0.39, 0.29) is 11.4 Å². The van der Waals surface area contributed by atoms with Gasteiger partial charge in [0, 0.05) is 31.9 Å². The van der Waals surface area contributed by atoms with Crippen LogP contribution in [0.1, 0.15) is 0 Å². The van der Waals surface area contributed by atoms with Gasteiger partial charge in [-0.3, -0.25) is 9.89 Å². The number of rotatable bonds is 4. The van der Waals surface area contributed by atoms with E-state index in [1.165, 1.54) is 0 Å². The molecule has 1 fully saturated rings. The van der Waals surface area contributed by atoms with Crippen LogP contribution in [0.25, 0.3) is 22.2 Å². The van der Waals surface area contributed by atoms with Gasteiger partial charge in [-0.2, -0.15) is 5.10 Å². The van der Waals surface area contributed by atoms with E-state index in [2.05, 4.69) is 30.4 Å². The standard InChI is InChI=1S/C21H21N7O2/c1-27-18-10-14(15-11-23-24-12-15)2-4-17(18)25-20(21(27)29)26-19-5-3-16(13-22-19)28-6-8-30-9-7-28/h2-5,10-13H,6-9H2,1H3,(H,23,24)(H,22,25,26). The molecule has 1 aliphatic rings. The predicted octanol–water partition coefficient (Wildman–Crippen LogP) is 2.30. The molecule has 4 heterocycles. The maximum Gasteiger partial charge on any atom is 0.293 e. The molecule has 0 amide bonds. The van der Waals surface area contributed by atoms with Crippen LogP contribution in [-0.2, 0) is 11.8 Å². The highest BCUT2D eigenvalue weighted by Crippen LogP contribution is 2.23. The molecule has 0 aliphatic carbocycles. The summed E-state index contributed by atoms with van der Waals surface area (Å²) in [6, 6.07) is 9.65. The van der Waals surface area contributed by atoms with Crippen LogP contribution in [0.15, 0.2) is 53.7 Å². The van der Waals surface area contributed by atoms with Gasteiger partial charge in [-0.15, -0.1) is 0 Å². The third-order valence-corrected chi connectivity index (χ3v) is 5.28. The Labute approximate surface area is 172 Å². The van der Waals surface area contributed by atoms with Crippen LogP contribution >= 0.6 is 0 Å². The van der Waals surface area contributed by atoms with Crippen molar-refractivity contribution in [1.29, 1.82) is 0 Å². The first-order chi connectivity index (χ1) is 14.7. The molecule has 2 N–H and O–H groups in total. The Morgan fingerprint density at radius 1 is 1.10 bits per heavy atom. The second-order valence-corrected chi connectivity index (χ2v) is 7.14. The fourth-order valence-corrected chi connectivity index (χ4v) is 3.58. The lowest BCUT2D eigenvalue weighted by Gasteiger charge is -2.28. The molecule has 0 spiro atoms. The number of nitrogens with zero attached hydrogens (tertiary/aromatic N) is 5. The van der Waals surface area contributed by atoms with E-state index in [4.69, 9.17) is 4.74 Å². The zero-order valence-corrected chi connectivity index (χ0v) is 16.5. The molecule has 4 aromatic rings. The van der Waals surface area contributed by atoms with Crippen LogP contribution < -0.4 is 15.8 Å². The fourth-order valence-electron chi connectivity index (χ4n) is 3.58. The third kappa shape index (κ3) is 3.39. The molecule has 1 aromatic carbocycles. The topological polar surface area (TPSA) is 101 Å². The first-order valence-electron chi connectivity index (χ1n) is 9.75. The van der Waals surface area contributed by atoms with Gasteiger partial charge in [-0.05, 0) is 29.8 Å². The zero-order chi connectivity index (χ0) is 20.5. The Morgan fingerprint density at radius 3 is 2.70 bits per heavy atom. The lowest BCUT2D eigenvalue weighted by atomic mass is 10.1. The number of anilines is 3. The highest BCUT2D eigenvalue weighted by Gasteiger charge is 2.13. The Bertz CT molecular complexity index is 1230. The van der Waals surface area contributed by atoms with Crippen LogP contribution in [0.5, 0.6) is 0 Å².